The molecule has 7 heteroatoms. The number of rotatable bonds is 7. The van der Waals surface area contributed by atoms with Crippen LogP contribution in [0, 0.1) is 0 Å². The van der Waals surface area contributed by atoms with Gasteiger partial charge in [-0.25, -0.2) is 4.98 Å². The van der Waals surface area contributed by atoms with Crippen LogP contribution in [-0.4, -0.2) is 44.7 Å². The SMILES string of the molecule is COc1ccc(CNC(=O)c2ccc(N3CCNC(c4ccccc4)C3)nc2)cc1OC. The number of amides is 1. The summed E-state index contributed by atoms with van der Waals surface area (Å²) in [7, 11) is 3.19. The van der Waals surface area contributed by atoms with Crippen LogP contribution in [0.3, 0.4) is 0 Å². The third-order valence-electron chi connectivity index (χ3n) is 5.61. The summed E-state index contributed by atoms with van der Waals surface area (Å²) < 4.78 is 10.6. The summed E-state index contributed by atoms with van der Waals surface area (Å²) in [4.78, 5) is 19.4. The van der Waals surface area contributed by atoms with Crippen LogP contribution in [0.2, 0.25) is 0 Å². The highest BCUT2D eigenvalue weighted by molar-refractivity contribution is 5.94. The average Bonchev–Trinajstić information content (AvgIpc) is 2.87. The molecule has 3 aromatic rings. The lowest BCUT2D eigenvalue weighted by atomic mass is 10.0. The maximum absolute atomic E-state index is 12.6. The lowest BCUT2D eigenvalue weighted by Crippen LogP contribution is -2.46. The first-order valence-electron chi connectivity index (χ1n) is 10.7. The summed E-state index contributed by atoms with van der Waals surface area (Å²) >= 11 is 0. The van der Waals surface area contributed by atoms with Gasteiger partial charge in [-0.1, -0.05) is 36.4 Å². The van der Waals surface area contributed by atoms with E-state index in [-0.39, 0.29) is 11.9 Å². The Morgan fingerprint density at radius 2 is 1.91 bits per heavy atom. The number of anilines is 1. The van der Waals surface area contributed by atoms with E-state index in [2.05, 4.69) is 44.8 Å². The maximum Gasteiger partial charge on any atom is 0.253 e. The minimum absolute atomic E-state index is 0.165. The molecule has 32 heavy (non-hydrogen) atoms. The molecule has 1 amide bonds. The van der Waals surface area contributed by atoms with E-state index in [0.29, 0.717) is 23.6 Å². The molecule has 0 aliphatic carbocycles. The first kappa shape index (κ1) is 21.6. The number of piperazine rings is 1. The molecule has 4 rings (SSSR count). The van der Waals surface area contributed by atoms with E-state index in [9.17, 15) is 4.79 Å². The largest absolute Gasteiger partial charge is 0.493 e. The van der Waals surface area contributed by atoms with Crippen LogP contribution >= 0.6 is 0 Å². The second kappa shape index (κ2) is 10.2. The average molecular weight is 433 g/mol. The summed E-state index contributed by atoms with van der Waals surface area (Å²) in [6, 6.07) is 20.0. The zero-order valence-electron chi connectivity index (χ0n) is 18.4. The third kappa shape index (κ3) is 5.00. The van der Waals surface area contributed by atoms with Gasteiger partial charge in [-0.05, 0) is 35.4 Å². The molecule has 7 nitrogen and oxygen atoms in total. The summed E-state index contributed by atoms with van der Waals surface area (Å²) in [6.07, 6.45) is 1.64. The molecule has 166 valence electrons. The molecule has 0 radical (unpaired) electrons. The Morgan fingerprint density at radius 1 is 1.09 bits per heavy atom. The Balaban J connectivity index is 1.36. The molecule has 0 bridgehead atoms. The van der Waals surface area contributed by atoms with Crippen LogP contribution in [0.4, 0.5) is 5.82 Å². The van der Waals surface area contributed by atoms with Crippen LogP contribution in [0.5, 0.6) is 11.5 Å². The number of carbonyl (C=O) groups is 1. The fourth-order valence-corrected chi connectivity index (χ4v) is 3.85. The normalized spacial score (nSPS) is 15.8. The Labute approximate surface area is 188 Å². The summed E-state index contributed by atoms with van der Waals surface area (Å²) in [5.41, 5.74) is 2.72. The number of carbonyl (C=O) groups excluding carboxylic acids is 1. The topological polar surface area (TPSA) is 75.7 Å². The van der Waals surface area contributed by atoms with E-state index in [1.807, 2.05) is 36.4 Å². The van der Waals surface area contributed by atoms with Crippen molar-refractivity contribution in [2.24, 2.45) is 0 Å². The van der Waals surface area contributed by atoms with Crippen molar-refractivity contribution < 1.29 is 14.3 Å². The molecule has 2 heterocycles. The van der Waals surface area contributed by atoms with Gasteiger partial charge in [0.1, 0.15) is 5.82 Å². The predicted octanol–water partition coefficient (Wildman–Crippen LogP) is 3.18. The van der Waals surface area contributed by atoms with Gasteiger partial charge in [-0.2, -0.15) is 0 Å². The van der Waals surface area contributed by atoms with Crippen molar-refractivity contribution in [3.05, 3.63) is 83.6 Å². The molecule has 1 aliphatic heterocycles. The van der Waals surface area contributed by atoms with Crippen molar-refractivity contribution in [3.8, 4) is 11.5 Å². The zero-order valence-corrected chi connectivity index (χ0v) is 18.4. The van der Waals surface area contributed by atoms with Gasteiger partial charge in [-0.3, -0.25) is 4.79 Å². The van der Waals surface area contributed by atoms with Gasteiger partial charge in [0.15, 0.2) is 11.5 Å². The number of nitrogens with zero attached hydrogens (tertiary/aromatic N) is 2. The van der Waals surface area contributed by atoms with Gasteiger partial charge in [-0.15, -0.1) is 0 Å². The molecule has 1 fully saturated rings. The quantitative estimate of drug-likeness (QED) is 0.597. The number of hydrogen-bond acceptors (Lipinski definition) is 6. The van der Waals surface area contributed by atoms with Crippen molar-refractivity contribution in [1.82, 2.24) is 15.6 Å². The number of aromatic nitrogens is 1. The molecular formula is C25H28N4O3. The van der Waals surface area contributed by atoms with Crippen LogP contribution < -0.4 is 25.0 Å². The first-order chi connectivity index (χ1) is 15.7. The number of ether oxygens (including phenoxy) is 2. The standard InChI is InChI=1S/C25H28N4O3/c1-31-22-10-8-18(14-23(22)32-2)15-28-25(30)20-9-11-24(27-16-20)29-13-12-26-21(17-29)19-6-4-3-5-7-19/h3-11,14,16,21,26H,12-13,15,17H2,1-2H3,(H,28,30). The van der Waals surface area contributed by atoms with E-state index in [1.54, 1.807) is 20.4 Å². The Kier molecular flexibility index (Phi) is 6.87. The molecule has 0 saturated carbocycles. The van der Waals surface area contributed by atoms with Gasteiger partial charge in [0.05, 0.1) is 19.8 Å². The molecule has 2 N–H and O–H groups in total. The van der Waals surface area contributed by atoms with Crippen molar-refractivity contribution in [2.45, 2.75) is 12.6 Å². The molecule has 1 saturated heterocycles. The molecule has 1 aromatic heterocycles. The maximum atomic E-state index is 12.6. The summed E-state index contributed by atoms with van der Waals surface area (Å²) in [6.45, 7) is 2.98. The molecule has 2 aromatic carbocycles. The molecule has 1 unspecified atom stereocenters. The highest BCUT2D eigenvalue weighted by atomic mass is 16.5. The number of benzene rings is 2. The highest BCUT2D eigenvalue weighted by Gasteiger charge is 2.21. The van der Waals surface area contributed by atoms with Crippen molar-refractivity contribution >= 4 is 11.7 Å². The fourth-order valence-electron chi connectivity index (χ4n) is 3.85. The van der Waals surface area contributed by atoms with Crippen LogP contribution in [0.25, 0.3) is 0 Å². The monoisotopic (exact) mass is 432 g/mol. The van der Waals surface area contributed by atoms with Crippen molar-refractivity contribution in [1.29, 1.82) is 0 Å². The van der Waals surface area contributed by atoms with Gasteiger partial charge < -0.3 is 25.0 Å². The number of nitrogens with one attached hydrogen (secondary N) is 2. The highest BCUT2D eigenvalue weighted by Crippen LogP contribution is 2.27. The molecule has 0 spiro atoms. The molecule has 1 atom stereocenters. The Morgan fingerprint density at radius 3 is 2.62 bits per heavy atom. The lowest BCUT2D eigenvalue weighted by Gasteiger charge is -2.34. The Bertz CT molecular complexity index is 1040. The van der Waals surface area contributed by atoms with E-state index < -0.39 is 0 Å². The van der Waals surface area contributed by atoms with E-state index in [0.717, 1.165) is 31.0 Å². The number of hydrogen-bond donors (Lipinski definition) is 2. The smallest absolute Gasteiger partial charge is 0.253 e. The second-order valence-electron chi connectivity index (χ2n) is 7.64. The third-order valence-corrected chi connectivity index (χ3v) is 5.61. The van der Waals surface area contributed by atoms with Crippen molar-refractivity contribution in [2.75, 3.05) is 38.8 Å². The number of methoxy groups -OCH3 is 2. The van der Waals surface area contributed by atoms with E-state index in [1.165, 1.54) is 5.56 Å². The van der Waals surface area contributed by atoms with Crippen LogP contribution in [0.1, 0.15) is 27.5 Å². The van der Waals surface area contributed by atoms with Crippen LogP contribution in [-0.2, 0) is 6.54 Å². The molecule has 1 aliphatic rings. The summed E-state index contributed by atoms with van der Waals surface area (Å²) in [5, 5.41) is 6.49. The molecular weight excluding hydrogens is 404 g/mol. The number of pyridine rings is 1. The fraction of sp³-hybridized carbons (Fsp3) is 0.280. The van der Waals surface area contributed by atoms with Crippen molar-refractivity contribution in [3.63, 3.8) is 0 Å². The first-order valence-corrected chi connectivity index (χ1v) is 10.7. The Hall–Kier alpha value is -3.58. The van der Waals surface area contributed by atoms with Crippen LogP contribution in [0.15, 0.2) is 66.9 Å². The predicted molar refractivity (Wildman–Crippen MR) is 124 cm³/mol. The zero-order chi connectivity index (χ0) is 22.3. The lowest BCUT2D eigenvalue weighted by molar-refractivity contribution is 0.0950. The minimum Gasteiger partial charge on any atom is -0.493 e. The van der Waals surface area contributed by atoms with Gasteiger partial charge in [0.2, 0.25) is 0 Å². The van der Waals surface area contributed by atoms with Gasteiger partial charge >= 0.3 is 0 Å². The minimum atomic E-state index is -0.165. The summed E-state index contributed by atoms with van der Waals surface area (Å²) in [5.74, 6) is 2.00. The second-order valence-corrected chi connectivity index (χ2v) is 7.64. The van der Waals surface area contributed by atoms with E-state index in [4.69, 9.17) is 9.47 Å². The van der Waals surface area contributed by atoms with Gasteiger partial charge in [0.25, 0.3) is 5.91 Å². The van der Waals surface area contributed by atoms with E-state index >= 15 is 0 Å². The van der Waals surface area contributed by atoms with Gasteiger partial charge in [0, 0.05) is 38.4 Å².